The molecule has 1 aromatic rings. The van der Waals surface area contributed by atoms with Gasteiger partial charge in [0.25, 0.3) is 0 Å². The fourth-order valence-corrected chi connectivity index (χ4v) is 3.67. The van der Waals surface area contributed by atoms with Gasteiger partial charge >= 0.3 is 0 Å². The molecule has 3 nitrogen and oxygen atoms in total. The van der Waals surface area contributed by atoms with E-state index in [9.17, 15) is 4.79 Å². The number of benzene rings is 1. The van der Waals surface area contributed by atoms with Crippen LogP contribution in [0.3, 0.4) is 0 Å². The van der Waals surface area contributed by atoms with Crippen LogP contribution in [0.25, 0.3) is 0 Å². The molecule has 2 N–H and O–H groups in total. The first kappa shape index (κ1) is 16.6. The van der Waals surface area contributed by atoms with Crippen molar-refractivity contribution in [3.8, 4) is 0 Å². The number of piperidine rings is 1. The molecule has 1 aliphatic rings. The molecular weight excluding hydrogens is 307 g/mol. The third kappa shape index (κ3) is 4.12. The molecule has 1 fully saturated rings. The molecular formula is C16H22Cl2N2O. The number of hydrogen-bond donors (Lipinski definition) is 2. The average molecular weight is 329 g/mol. The Bertz CT molecular complexity index is 491. The lowest BCUT2D eigenvalue weighted by molar-refractivity contribution is -0.125. The molecule has 1 aliphatic heterocycles. The van der Waals surface area contributed by atoms with Gasteiger partial charge in [-0.3, -0.25) is 4.79 Å². The first-order chi connectivity index (χ1) is 9.92. The lowest BCUT2D eigenvalue weighted by Gasteiger charge is -2.29. The Balaban J connectivity index is 2.02. The van der Waals surface area contributed by atoms with E-state index in [0.717, 1.165) is 31.5 Å². The predicted molar refractivity (Wildman–Crippen MR) is 88.1 cm³/mol. The zero-order valence-corrected chi connectivity index (χ0v) is 14.0. The number of carbonyl (C=O) groups excluding carboxylic acids is 1. The molecule has 1 atom stereocenters. The van der Waals surface area contributed by atoms with Crippen molar-refractivity contribution in [1.29, 1.82) is 0 Å². The van der Waals surface area contributed by atoms with Crippen LogP contribution < -0.4 is 10.6 Å². The summed E-state index contributed by atoms with van der Waals surface area (Å²) in [6, 6.07) is 5.49. The van der Waals surface area contributed by atoms with Crippen LogP contribution in [0, 0.1) is 5.92 Å². The van der Waals surface area contributed by atoms with E-state index in [-0.39, 0.29) is 17.2 Å². The highest BCUT2D eigenvalue weighted by Crippen LogP contribution is 2.35. The van der Waals surface area contributed by atoms with Gasteiger partial charge in [0.2, 0.25) is 5.91 Å². The SMILES string of the molecule is CC(C)(CNC(=O)C1CCCNC1)c1c(Cl)cccc1Cl. The highest BCUT2D eigenvalue weighted by molar-refractivity contribution is 6.36. The molecule has 1 heterocycles. The molecule has 1 saturated heterocycles. The number of halogens is 2. The topological polar surface area (TPSA) is 41.1 Å². The summed E-state index contributed by atoms with van der Waals surface area (Å²) >= 11 is 12.5. The van der Waals surface area contributed by atoms with Gasteiger partial charge in [-0.25, -0.2) is 0 Å². The van der Waals surface area contributed by atoms with E-state index in [4.69, 9.17) is 23.2 Å². The molecule has 0 bridgehead atoms. The van der Waals surface area contributed by atoms with Crippen molar-refractivity contribution in [2.45, 2.75) is 32.1 Å². The van der Waals surface area contributed by atoms with E-state index in [0.29, 0.717) is 16.6 Å². The minimum absolute atomic E-state index is 0.0660. The summed E-state index contributed by atoms with van der Waals surface area (Å²) < 4.78 is 0. The van der Waals surface area contributed by atoms with Gasteiger partial charge in [0, 0.05) is 28.5 Å². The zero-order valence-electron chi connectivity index (χ0n) is 12.5. The van der Waals surface area contributed by atoms with Gasteiger partial charge < -0.3 is 10.6 Å². The Morgan fingerprint density at radius 1 is 1.38 bits per heavy atom. The van der Waals surface area contributed by atoms with Crippen molar-refractivity contribution in [1.82, 2.24) is 10.6 Å². The van der Waals surface area contributed by atoms with Crippen molar-refractivity contribution >= 4 is 29.1 Å². The number of rotatable bonds is 4. The summed E-state index contributed by atoms with van der Waals surface area (Å²) in [5, 5.41) is 7.59. The lowest BCUT2D eigenvalue weighted by atomic mass is 9.84. The summed E-state index contributed by atoms with van der Waals surface area (Å²) in [5.41, 5.74) is 0.572. The van der Waals surface area contributed by atoms with Crippen molar-refractivity contribution in [3.63, 3.8) is 0 Å². The smallest absolute Gasteiger partial charge is 0.224 e. The monoisotopic (exact) mass is 328 g/mol. The van der Waals surface area contributed by atoms with Gasteiger partial charge in [-0.05, 0) is 37.1 Å². The molecule has 0 spiro atoms. The van der Waals surface area contributed by atoms with Crippen LogP contribution in [0.2, 0.25) is 10.0 Å². The Labute approximate surface area is 136 Å². The largest absolute Gasteiger partial charge is 0.355 e. The molecule has 116 valence electrons. The maximum Gasteiger partial charge on any atom is 0.224 e. The number of nitrogens with one attached hydrogen (secondary N) is 2. The van der Waals surface area contributed by atoms with Crippen molar-refractivity contribution in [3.05, 3.63) is 33.8 Å². The van der Waals surface area contributed by atoms with Crippen molar-refractivity contribution in [2.75, 3.05) is 19.6 Å². The molecule has 5 heteroatoms. The van der Waals surface area contributed by atoms with E-state index in [1.807, 2.05) is 32.0 Å². The molecule has 21 heavy (non-hydrogen) atoms. The fraction of sp³-hybridized carbons (Fsp3) is 0.562. The Morgan fingerprint density at radius 3 is 2.62 bits per heavy atom. The minimum atomic E-state index is -0.312. The van der Waals surface area contributed by atoms with Gasteiger partial charge in [-0.15, -0.1) is 0 Å². The van der Waals surface area contributed by atoms with Gasteiger partial charge in [0.05, 0.1) is 5.92 Å². The summed E-state index contributed by atoms with van der Waals surface area (Å²) in [4.78, 5) is 12.2. The maximum absolute atomic E-state index is 12.2. The second-order valence-electron chi connectivity index (χ2n) is 6.24. The van der Waals surface area contributed by atoms with Crippen LogP contribution in [0.15, 0.2) is 18.2 Å². The molecule has 0 aliphatic carbocycles. The van der Waals surface area contributed by atoms with Crippen molar-refractivity contribution in [2.24, 2.45) is 5.92 Å². The highest BCUT2D eigenvalue weighted by atomic mass is 35.5. The van der Waals surface area contributed by atoms with E-state index in [2.05, 4.69) is 10.6 Å². The summed E-state index contributed by atoms with van der Waals surface area (Å²) in [6.07, 6.45) is 2.00. The summed E-state index contributed by atoms with van der Waals surface area (Å²) in [5.74, 6) is 0.176. The van der Waals surface area contributed by atoms with E-state index in [1.54, 1.807) is 0 Å². The zero-order chi connectivity index (χ0) is 15.5. The van der Waals surface area contributed by atoms with E-state index < -0.39 is 0 Å². The minimum Gasteiger partial charge on any atom is -0.355 e. The van der Waals surface area contributed by atoms with Crippen LogP contribution in [0.4, 0.5) is 0 Å². The van der Waals surface area contributed by atoms with Crippen LogP contribution in [0.5, 0.6) is 0 Å². The fourth-order valence-electron chi connectivity index (χ4n) is 2.76. The second-order valence-corrected chi connectivity index (χ2v) is 7.06. The van der Waals surface area contributed by atoms with Crippen LogP contribution in [0.1, 0.15) is 32.3 Å². The molecule has 1 amide bonds. The van der Waals surface area contributed by atoms with Gasteiger partial charge in [-0.1, -0.05) is 43.1 Å². The number of carbonyl (C=O) groups is 1. The highest BCUT2D eigenvalue weighted by Gasteiger charge is 2.28. The van der Waals surface area contributed by atoms with Crippen LogP contribution >= 0.6 is 23.2 Å². The first-order valence-corrected chi connectivity index (χ1v) is 8.10. The van der Waals surface area contributed by atoms with Gasteiger partial charge in [0.1, 0.15) is 0 Å². The van der Waals surface area contributed by atoms with Crippen LogP contribution in [-0.4, -0.2) is 25.5 Å². The first-order valence-electron chi connectivity index (χ1n) is 7.35. The quantitative estimate of drug-likeness (QED) is 0.889. The number of hydrogen-bond acceptors (Lipinski definition) is 2. The Hall–Kier alpha value is -0.770. The second kappa shape index (κ2) is 6.99. The van der Waals surface area contributed by atoms with Gasteiger partial charge in [0.15, 0.2) is 0 Å². The third-order valence-corrected chi connectivity index (χ3v) is 4.64. The Morgan fingerprint density at radius 2 is 2.05 bits per heavy atom. The summed E-state index contributed by atoms with van der Waals surface area (Å²) in [6.45, 7) is 6.37. The molecule has 2 rings (SSSR count). The van der Waals surface area contributed by atoms with E-state index in [1.165, 1.54) is 0 Å². The molecule has 0 aromatic heterocycles. The summed E-state index contributed by atoms with van der Waals surface area (Å²) in [7, 11) is 0. The molecule has 1 aromatic carbocycles. The Kier molecular flexibility index (Phi) is 5.53. The maximum atomic E-state index is 12.2. The lowest BCUT2D eigenvalue weighted by Crippen LogP contribution is -2.44. The molecule has 0 saturated carbocycles. The van der Waals surface area contributed by atoms with E-state index >= 15 is 0 Å². The normalized spacial score (nSPS) is 19.3. The van der Waals surface area contributed by atoms with Crippen LogP contribution in [-0.2, 0) is 10.2 Å². The molecule has 0 radical (unpaired) electrons. The standard InChI is InChI=1S/C16H22Cl2N2O/c1-16(2,14-12(17)6-3-7-13(14)18)10-20-15(21)11-5-4-8-19-9-11/h3,6-7,11,19H,4-5,8-10H2,1-2H3,(H,20,21). The molecule has 1 unspecified atom stereocenters. The third-order valence-electron chi connectivity index (χ3n) is 4.01. The van der Waals surface area contributed by atoms with Crippen molar-refractivity contribution < 1.29 is 4.79 Å². The van der Waals surface area contributed by atoms with Gasteiger partial charge in [-0.2, -0.15) is 0 Å². The predicted octanol–water partition coefficient (Wildman–Crippen LogP) is 3.39. The number of amides is 1. The average Bonchev–Trinajstić information content (AvgIpc) is 2.45.